The summed E-state index contributed by atoms with van der Waals surface area (Å²) in [5.74, 6) is 0. The van der Waals surface area contributed by atoms with Crippen molar-refractivity contribution in [3.8, 4) is 0 Å². The van der Waals surface area contributed by atoms with E-state index in [0.29, 0.717) is 0 Å². The summed E-state index contributed by atoms with van der Waals surface area (Å²) in [6, 6.07) is 16.0. The Hall–Kier alpha value is -1.20. The molecule has 0 saturated heterocycles. The highest BCUT2D eigenvalue weighted by atomic mass is 31.0. The first-order valence-electron chi connectivity index (χ1n) is 4.47. The van der Waals surface area contributed by atoms with Gasteiger partial charge in [0.05, 0.1) is 5.44 Å². The van der Waals surface area contributed by atoms with Crippen LogP contribution in [0.15, 0.2) is 54.7 Å². The van der Waals surface area contributed by atoms with Crippen LogP contribution in [-0.4, -0.2) is 4.98 Å². The summed E-state index contributed by atoms with van der Waals surface area (Å²) in [5.41, 5.74) is 2.31. The van der Waals surface area contributed by atoms with Gasteiger partial charge in [-0.15, -0.1) is 0 Å². The second kappa shape index (κ2) is 6.28. The lowest BCUT2D eigenvalue weighted by atomic mass is 10.2. The van der Waals surface area contributed by atoms with Gasteiger partial charge in [0.2, 0.25) is 0 Å². The summed E-state index contributed by atoms with van der Waals surface area (Å²) in [7, 11) is 2.52. The Bertz CT molecular complexity index is 308. The van der Waals surface area contributed by atoms with Crippen LogP contribution in [0.2, 0.25) is 0 Å². The fourth-order valence-corrected chi connectivity index (χ4v) is 1.11. The SMILES string of the molecule is Cc1ccccc1.Pc1ccccn1. The van der Waals surface area contributed by atoms with Crippen molar-refractivity contribution in [3.05, 3.63) is 60.3 Å². The minimum Gasteiger partial charge on any atom is -0.257 e. The van der Waals surface area contributed by atoms with Crippen molar-refractivity contribution in [1.82, 2.24) is 4.98 Å². The zero-order chi connectivity index (χ0) is 10.2. The van der Waals surface area contributed by atoms with E-state index in [-0.39, 0.29) is 0 Å². The summed E-state index contributed by atoms with van der Waals surface area (Å²) in [5, 5.41) is 0. The third kappa shape index (κ3) is 4.74. The van der Waals surface area contributed by atoms with E-state index in [9.17, 15) is 0 Å². The largest absolute Gasteiger partial charge is 0.257 e. The van der Waals surface area contributed by atoms with Crippen molar-refractivity contribution in [1.29, 1.82) is 0 Å². The molecule has 2 heteroatoms. The first-order valence-corrected chi connectivity index (χ1v) is 5.05. The molecule has 14 heavy (non-hydrogen) atoms. The van der Waals surface area contributed by atoms with Crippen LogP contribution in [0.3, 0.4) is 0 Å². The Morgan fingerprint density at radius 2 is 1.57 bits per heavy atom. The molecule has 0 aliphatic heterocycles. The number of aryl methyl sites for hydroxylation is 1. The Morgan fingerprint density at radius 3 is 1.86 bits per heavy atom. The van der Waals surface area contributed by atoms with Crippen LogP contribution in [-0.2, 0) is 0 Å². The summed E-state index contributed by atoms with van der Waals surface area (Å²) >= 11 is 0. The minimum atomic E-state index is 0.988. The molecule has 1 nitrogen and oxygen atoms in total. The number of pyridine rings is 1. The molecule has 2 aromatic rings. The lowest BCUT2D eigenvalue weighted by molar-refractivity contribution is 1.40. The van der Waals surface area contributed by atoms with Crippen LogP contribution < -0.4 is 5.44 Å². The molecule has 0 saturated carbocycles. The summed E-state index contributed by atoms with van der Waals surface area (Å²) in [6.45, 7) is 2.08. The van der Waals surface area contributed by atoms with Gasteiger partial charge in [-0.1, -0.05) is 51.2 Å². The fraction of sp³-hybridized carbons (Fsp3) is 0.0833. The van der Waals surface area contributed by atoms with Gasteiger partial charge in [0.1, 0.15) is 0 Å². The maximum absolute atomic E-state index is 3.94. The third-order valence-corrected chi connectivity index (χ3v) is 1.97. The Morgan fingerprint density at radius 1 is 0.929 bits per heavy atom. The van der Waals surface area contributed by atoms with Gasteiger partial charge < -0.3 is 0 Å². The molecule has 0 bridgehead atoms. The second-order valence-electron chi connectivity index (χ2n) is 2.91. The Balaban J connectivity index is 0.000000140. The summed E-state index contributed by atoms with van der Waals surface area (Å²) in [6.07, 6.45) is 1.77. The number of nitrogens with zero attached hydrogens (tertiary/aromatic N) is 1. The summed E-state index contributed by atoms with van der Waals surface area (Å²) in [4.78, 5) is 3.94. The number of aromatic nitrogens is 1. The van der Waals surface area contributed by atoms with Crippen LogP contribution >= 0.6 is 9.24 Å². The number of rotatable bonds is 0. The van der Waals surface area contributed by atoms with E-state index in [0.717, 1.165) is 5.44 Å². The highest BCUT2D eigenvalue weighted by Crippen LogP contribution is 1.92. The van der Waals surface area contributed by atoms with E-state index in [2.05, 4.69) is 33.3 Å². The van der Waals surface area contributed by atoms with Crippen molar-refractivity contribution >= 4 is 14.7 Å². The van der Waals surface area contributed by atoms with Gasteiger partial charge in [0, 0.05) is 6.20 Å². The second-order valence-corrected chi connectivity index (χ2v) is 3.50. The molecule has 0 N–H and O–H groups in total. The zero-order valence-electron chi connectivity index (χ0n) is 8.22. The van der Waals surface area contributed by atoms with Crippen molar-refractivity contribution < 1.29 is 0 Å². The Kier molecular flexibility index (Phi) is 4.88. The predicted octanol–water partition coefficient (Wildman–Crippen LogP) is 2.58. The van der Waals surface area contributed by atoms with Gasteiger partial charge in [-0.25, -0.2) is 0 Å². The average molecular weight is 203 g/mol. The molecule has 1 aromatic heterocycles. The van der Waals surface area contributed by atoms with Crippen molar-refractivity contribution in [3.63, 3.8) is 0 Å². The standard InChI is InChI=1S/C7H8.C5H6NP/c1-7-5-3-2-4-6-7;7-5-3-1-2-4-6-5/h2-6H,1H3;1-4H,7H2. The molecule has 1 atom stereocenters. The van der Waals surface area contributed by atoms with Gasteiger partial charge >= 0.3 is 0 Å². The van der Waals surface area contributed by atoms with E-state index in [1.807, 2.05) is 36.4 Å². The van der Waals surface area contributed by atoms with Crippen LogP contribution in [0.25, 0.3) is 0 Å². The van der Waals surface area contributed by atoms with Gasteiger partial charge in [0.25, 0.3) is 0 Å². The number of hydrogen-bond acceptors (Lipinski definition) is 1. The van der Waals surface area contributed by atoms with Gasteiger partial charge in [0.15, 0.2) is 0 Å². The first-order chi connectivity index (χ1) is 6.79. The molecular weight excluding hydrogens is 189 g/mol. The van der Waals surface area contributed by atoms with E-state index in [1.54, 1.807) is 6.20 Å². The van der Waals surface area contributed by atoms with E-state index in [1.165, 1.54) is 5.56 Å². The summed E-state index contributed by atoms with van der Waals surface area (Å²) < 4.78 is 0. The molecule has 2 rings (SSSR count). The van der Waals surface area contributed by atoms with Crippen LogP contribution in [0.5, 0.6) is 0 Å². The van der Waals surface area contributed by atoms with Gasteiger partial charge in [-0.3, -0.25) is 4.98 Å². The van der Waals surface area contributed by atoms with Crippen LogP contribution in [0, 0.1) is 6.92 Å². The van der Waals surface area contributed by atoms with Crippen LogP contribution in [0.1, 0.15) is 5.56 Å². The number of benzene rings is 1. The monoisotopic (exact) mass is 203 g/mol. The maximum atomic E-state index is 3.94. The van der Waals surface area contributed by atoms with E-state index >= 15 is 0 Å². The third-order valence-electron chi connectivity index (χ3n) is 1.63. The van der Waals surface area contributed by atoms with E-state index in [4.69, 9.17) is 0 Å². The molecule has 72 valence electrons. The van der Waals surface area contributed by atoms with Crippen molar-refractivity contribution in [2.24, 2.45) is 0 Å². The normalized spacial score (nSPS) is 8.71. The quantitative estimate of drug-likeness (QED) is 0.600. The number of hydrogen-bond donors (Lipinski definition) is 0. The van der Waals surface area contributed by atoms with E-state index < -0.39 is 0 Å². The highest BCUT2D eigenvalue weighted by molar-refractivity contribution is 7.26. The smallest absolute Gasteiger partial charge is 0.0569 e. The zero-order valence-corrected chi connectivity index (χ0v) is 9.38. The Labute approximate surface area is 87.4 Å². The topological polar surface area (TPSA) is 12.9 Å². The molecule has 0 aliphatic rings. The minimum absolute atomic E-state index is 0.988. The maximum Gasteiger partial charge on any atom is 0.0569 e. The lowest BCUT2D eigenvalue weighted by Crippen LogP contribution is -1.91. The molecule has 1 unspecified atom stereocenters. The van der Waals surface area contributed by atoms with Gasteiger partial charge in [-0.05, 0) is 19.1 Å². The average Bonchev–Trinajstić information content (AvgIpc) is 2.21. The van der Waals surface area contributed by atoms with Crippen LogP contribution in [0.4, 0.5) is 0 Å². The van der Waals surface area contributed by atoms with Crippen molar-refractivity contribution in [2.75, 3.05) is 0 Å². The molecule has 0 amide bonds. The lowest BCUT2D eigenvalue weighted by Gasteiger charge is -1.82. The molecule has 0 fully saturated rings. The molecular formula is C12H14NP. The molecule has 0 aliphatic carbocycles. The first kappa shape index (κ1) is 10.9. The molecule has 0 radical (unpaired) electrons. The fourth-order valence-electron chi connectivity index (χ4n) is 0.910. The van der Waals surface area contributed by atoms with Gasteiger partial charge in [-0.2, -0.15) is 0 Å². The van der Waals surface area contributed by atoms with Crippen molar-refractivity contribution in [2.45, 2.75) is 6.92 Å². The highest BCUT2D eigenvalue weighted by Gasteiger charge is 1.73. The molecule has 1 heterocycles. The molecule has 1 aromatic carbocycles. The molecule has 0 spiro atoms. The predicted molar refractivity (Wildman–Crippen MR) is 64.8 cm³/mol.